The quantitative estimate of drug-likeness (QED) is 0.670. The Balaban J connectivity index is 2.31. The molecule has 1 heterocycles. The predicted octanol–water partition coefficient (Wildman–Crippen LogP) is 2.50. The summed E-state index contributed by atoms with van der Waals surface area (Å²) in [5.74, 6) is 1.78. The van der Waals surface area contributed by atoms with Gasteiger partial charge >= 0.3 is 0 Å². The van der Waals surface area contributed by atoms with Gasteiger partial charge in [-0.2, -0.15) is 0 Å². The first kappa shape index (κ1) is 16.1. The van der Waals surface area contributed by atoms with E-state index in [2.05, 4.69) is 25.3 Å². The zero-order valence-electron chi connectivity index (χ0n) is 9.59. The van der Waals surface area contributed by atoms with Gasteiger partial charge in [0.1, 0.15) is 0 Å². The van der Waals surface area contributed by atoms with Crippen LogP contribution in [0.4, 0.5) is 0 Å². The lowest BCUT2D eigenvalue weighted by molar-refractivity contribution is 0.0205. The van der Waals surface area contributed by atoms with E-state index in [1.165, 1.54) is 0 Å². The number of hydrogen-bond donors (Lipinski definition) is 2. The molecule has 0 aliphatic carbocycles. The Labute approximate surface area is 122 Å². The van der Waals surface area contributed by atoms with Crippen LogP contribution in [0.2, 0.25) is 0 Å². The van der Waals surface area contributed by atoms with Crippen molar-refractivity contribution in [3.8, 4) is 0 Å². The number of ether oxygens (including phenoxy) is 3. The number of thioether (sulfide) groups is 2. The summed E-state index contributed by atoms with van der Waals surface area (Å²) < 4.78 is 18.1. The zero-order chi connectivity index (χ0) is 12.3. The molecule has 0 spiro atoms. The number of thiol groups is 2. The lowest BCUT2D eigenvalue weighted by atomic mass is 10.7. The summed E-state index contributed by atoms with van der Waals surface area (Å²) in [6, 6.07) is 0. The first-order valence-electron chi connectivity index (χ1n) is 5.41. The maximum absolute atomic E-state index is 5.42. The molecule has 3 nitrogen and oxygen atoms in total. The fourth-order valence-corrected chi connectivity index (χ4v) is 3.38. The molecular weight excluding hydrogens is 296 g/mol. The highest BCUT2D eigenvalue weighted by atomic mass is 32.2. The van der Waals surface area contributed by atoms with Gasteiger partial charge in [-0.05, 0) is 0 Å². The van der Waals surface area contributed by atoms with Crippen molar-refractivity contribution < 1.29 is 14.2 Å². The first-order chi connectivity index (χ1) is 8.30. The van der Waals surface area contributed by atoms with Crippen molar-refractivity contribution in [1.29, 1.82) is 0 Å². The van der Waals surface area contributed by atoms with Crippen LogP contribution in [-0.2, 0) is 14.2 Å². The Hall–Kier alpha value is 1.02. The maximum Gasteiger partial charge on any atom is 0.0701 e. The van der Waals surface area contributed by atoms with E-state index in [0.717, 1.165) is 20.0 Å². The van der Waals surface area contributed by atoms with Crippen LogP contribution in [0, 0.1) is 0 Å². The van der Waals surface area contributed by atoms with Gasteiger partial charge in [-0.15, -0.1) is 48.8 Å². The molecule has 0 amide bonds. The zero-order valence-corrected chi connectivity index (χ0v) is 13.0. The van der Waals surface area contributed by atoms with Crippen molar-refractivity contribution in [3.05, 3.63) is 8.47 Å². The summed E-state index contributed by atoms with van der Waals surface area (Å²) >= 11 is 12.1. The minimum Gasteiger partial charge on any atom is -0.378 e. The molecule has 0 N–H and O–H groups in total. The summed E-state index contributed by atoms with van der Waals surface area (Å²) in [4.78, 5) is 0. The van der Waals surface area contributed by atoms with Crippen LogP contribution in [0.3, 0.4) is 0 Å². The average molecular weight is 315 g/mol. The van der Waals surface area contributed by atoms with Crippen LogP contribution >= 0.6 is 48.8 Å². The Morgan fingerprint density at radius 1 is 0.647 bits per heavy atom. The highest BCUT2D eigenvalue weighted by Crippen LogP contribution is 2.32. The Bertz CT molecular complexity index is 214. The lowest BCUT2D eigenvalue weighted by Crippen LogP contribution is -2.11. The molecule has 100 valence electrons. The molecular formula is C10H18O3S4. The summed E-state index contributed by atoms with van der Waals surface area (Å²) in [5, 5.41) is 0. The highest BCUT2D eigenvalue weighted by molar-refractivity contribution is 8.21. The van der Waals surface area contributed by atoms with Gasteiger partial charge in [-0.1, -0.05) is 0 Å². The lowest BCUT2D eigenvalue weighted by Gasteiger charge is -2.06. The molecule has 1 aliphatic rings. The second-order valence-electron chi connectivity index (χ2n) is 3.14. The number of hydrogen-bond acceptors (Lipinski definition) is 7. The predicted molar refractivity (Wildman–Crippen MR) is 82.4 cm³/mol. The van der Waals surface area contributed by atoms with Crippen molar-refractivity contribution in [2.45, 2.75) is 0 Å². The van der Waals surface area contributed by atoms with E-state index in [0.29, 0.717) is 39.6 Å². The van der Waals surface area contributed by atoms with Crippen LogP contribution in [0.25, 0.3) is 0 Å². The van der Waals surface area contributed by atoms with Gasteiger partial charge in [0.2, 0.25) is 0 Å². The highest BCUT2D eigenvalue weighted by Gasteiger charge is 2.02. The maximum atomic E-state index is 5.42. The standard InChI is InChI=1S/C10H18O3S4/c14-9-10(15)17-8-6-13-4-2-11-1-3-12-5-7-16-9/h14-15H,1-8H2/b10-9-. The molecule has 0 saturated carbocycles. The molecule has 0 saturated heterocycles. The molecule has 7 heteroatoms. The fraction of sp³-hybridized carbons (Fsp3) is 0.800. The van der Waals surface area contributed by atoms with Crippen molar-refractivity contribution in [2.24, 2.45) is 0 Å². The summed E-state index contributed by atoms with van der Waals surface area (Å²) in [7, 11) is 0. The molecule has 0 radical (unpaired) electrons. The second kappa shape index (κ2) is 10.9. The van der Waals surface area contributed by atoms with E-state index in [1.807, 2.05) is 0 Å². The van der Waals surface area contributed by atoms with E-state index in [4.69, 9.17) is 14.2 Å². The molecule has 1 rings (SSSR count). The molecule has 0 atom stereocenters. The molecule has 0 unspecified atom stereocenters. The largest absolute Gasteiger partial charge is 0.378 e. The van der Waals surface area contributed by atoms with Crippen molar-refractivity contribution in [1.82, 2.24) is 0 Å². The van der Waals surface area contributed by atoms with Gasteiger partial charge < -0.3 is 14.2 Å². The smallest absolute Gasteiger partial charge is 0.0701 e. The molecule has 17 heavy (non-hydrogen) atoms. The summed E-state index contributed by atoms with van der Waals surface area (Å²) in [5.41, 5.74) is 0. The first-order valence-corrected chi connectivity index (χ1v) is 8.28. The molecule has 0 aromatic carbocycles. The van der Waals surface area contributed by atoms with Gasteiger partial charge in [0.05, 0.1) is 48.1 Å². The fourth-order valence-electron chi connectivity index (χ4n) is 1.06. The second-order valence-corrected chi connectivity index (χ2v) is 6.85. The third kappa shape index (κ3) is 8.69. The van der Waals surface area contributed by atoms with E-state index in [1.54, 1.807) is 23.5 Å². The third-order valence-electron chi connectivity index (χ3n) is 1.86. The van der Waals surface area contributed by atoms with Crippen LogP contribution in [0.5, 0.6) is 0 Å². The van der Waals surface area contributed by atoms with Crippen molar-refractivity contribution in [2.75, 3.05) is 51.1 Å². The van der Waals surface area contributed by atoms with Crippen molar-refractivity contribution >= 4 is 48.8 Å². The monoisotopic (exact) mass is 314 g/mol. The third-order valence-corrected chi connectivity index (χ3v) is 5.39. The van der Waals surface area contributed by atoms with E-state index in [9.17, 15) is 0 Å². The van der Waals surface area contributed by atoms with E-state index in [-0.39, 0.29) is 0 Å². The van der Waals surface area contributed by atoms with Crippen LogP contribution in [-0.4, -0.2) is 51.1 Å². The van der Waals surface area contributed by atoms with Gasteiger partial charge in [0.15, 0.2) is 0 Å². The van der Waals surface area contributed by atoms with Gasteiger partial charge in [-0.25, -0.2) is 0 Å². The van der Waals surface area contributed by atoms with Gasteiger partial charge in [0.25, 0.3) is 0 Å². The summed E-state index contributed by atoms with van der Waals surface area (Å²) in [6.45, 7) is 3.94. The van der Waals surface area contributed by atoms with Gasteiger partial charge in [-0.3, -0.25) is 0 Å². The van der Waals surface area contributed by atoms with E-state index >= 15 is 0 Å². The van der Waals surface area contributed by atoms with Crippen LogP contribution in [0.15, 0.2) is 8.47 Å². The minimum absolute atomic E-state index is 0.629. The summed E-state index contributed by atoms with van der Waals surface area (Å²) in [6.07, 6.45) is 0. The Kier molecular flexibility index (Phi) is 10.3. The van der Waals surface area contributed by atoms with Crippen LogP contribution in [0.1, 0.15) is 0 Å². The van der Waals surface area contributed by atoms with Gasteiger partial charge in [0, 0.05) is 11.5 Å². The Morgan fingerprint density at radius 2 is 1.00 bits per heavy atom. The minimum atomic E-state index is 0.629. The Morgan fingerprint density at radius 3 is 1.41 bits per heavy atom. The molecule has 0 aromatic rings. The molecule has 0 aromatic heterocycles. The molecule has 0 bridgehead atoms. The SMILES string of the molecule is S/C1=C(\S)SCCOCCOCCOCCS1. The molecule has 0 fully saturated rings. The molecule has 1 aliphatic heterocycles. The van der Waals surface area contributed by atoms with E-state index < -0.39 is 0 Å². The average Bonchev–Trinajstić information content (AvgIpc) is 2.34. The number of rotatable bonds is 0. The van der Waals surface area contributed by atoms with Crippen molar-refractivity contribution in [3.63, 3.8) is 0 Å². The normalized spacial score (nSPS) is 27.2. The topological polar surface area (TPSA) is 27.7 Å². The van der Waals surface area contributed by atoms with Crippen LogP contribution < -0.4 is 0 Å².